The first-order valence-corrected chi connectivity index (χ1v) is 7.52. The second-order valence-corrected chi connectivity index (χ2v) is 6.75. The molecule has 1 heterocycles. The van der Waals surface area contributed by atoms with E-state index in [9.17, 15) is 0 Å². The predicted octanol–water partition coefficient (Wildman–Crippen LogP) is 4.22. The normalized spacial score (nSPS) is 23.6. The van der Waals surface area contributed by atoms with E-state index in [4.69, 9.17) is 0 Å². The molecule has 0 bridgehead atoms. The molecule has 17 heavy (non-hydrogen) atoms. The van der Waals surface area contributed by atoms with Crippen molar-refractivity contribution in [3.63, 3.8) is 0 Å². The van der Waals surface area contributed by atoms with Crippen molar-refractivity contribution in [2.75, 3.05) is 13.1 Å². The summed E-state index contributed by atoms with van der Waals surface area (Å²) in [4.78, 5) is 2.61. The highest BCUT2D eigenvalue weighted by Crippen LogP contribution is 2.44. The van der Waals surface area contributed by atoms with Crippen LogP contribution >= 0.6 is 15.9 Å². The molecule has 0 aromatic heterocycles. The monoisotopic (exact) mass is 293 g/mol. The fraction of sp³-hybridized carbons (Fsp3) is 0.600. The fourth-order valence-electron chi connectivity index (χ4n) is 3.48. The summed E-state index contributed by atoms with van der Waals surface area (Å²) < 4.78 is 1.17. The van der Waals surface area contributed by atoms with Gasteiger partial charge in [-0.25, -0.2) is 0 Å². The van der Waals surface area contributed by atoms with E-state index in [1.165, 1.54) is 55.2 Å². The third kappa shape index (κ3) is 2.58. The first kappa shape index (κ1) is 11.7. The summed E-state index contributed by atoms with van der Waals surface area (Å²) in [6, 6.07) is 8.75. The summed E-state index contributed by atoms with van der Waals surface area (Å²) in [6.45, 7) is 3.81. The molecule has 0 atom stereocenters. The van der Waals surface area contributed by atoms with Crippen LogP contribution in [-0.2, 0) is 6.54 Å². The van der Waals surface area contributed by atoms with Crippen LogP contribution in [0.15, 0.2) is 28.7 Å². The van der Waals surface area contributed by atoms with Crippen molar-refractivity contribution in [2.24, 2.45) is 5.41 Å². The number of halogens is 1. The van der Waals surface area contributed by atoms with E-state index in [1.54, 1.807) is 0 Å². The first-order chi connectivity index (χ1) is 8.26. The molecule has 3 rings (SSSR count). The van der Waals surface area contributed by atoms with Crippen LogP contribution in [0.2, 0.25) is 0 Å². The molecule has 1 saturated heterocycles. The van der Waals surface area contributed by atoms with Gasteiger partial charge in [0.25, 0.3) is 0 Å². The lowest BCUT2D eigenvalue weighted by atomic mass is 9.68. The van der Waals surface area contributed by atoms with Crippen LogP contribution in [0.1, 0.15) is 37.7 Å². The number of hydrogen-bond donors (Lipinski definition) is 0. The number of benzene rings is 1. The van der Waals surface area contributed by atoms with Crippen molar-refractivity contribution in [1.82, 2.24) is 4.90 Å². The molecule has 1 saturated carbocycles. The van der Waals surface area contributed by atoms with Gasteiger partial charge in [-0.1, -0.05) is 47.3 Å². The minimum Gasteiger partial charge on any atom is -0.298 e. The van der Waals surface area contributed by atoms with Crippen LogP contribution in [0.3, 0.4) is 0 Å². The molecule has 1 aliphatic carbocycles. The van der Waals surface area contributed by atoms with E-state index in [0.29, 0.717) is 5.41 Å². The van der Waals surface area contributed by atoms with E-state index in [-0.39, 0.29) is 0 Å². The highest BCUT2D eigenvalue weighted by Gasteiger charge is 2.42. The van der Waals surface area contributed by atoms with Crippen molar-refractivity contribution in [2.45, 2.75) is 38.6 Å². The highest BCUT2D eigenvalue weighted by molar-refractivity contribution is 9.10. The lowest BCUT2D eigenvalue weighted by Crippen LogP contribution is -2.56. The Kier molecular flexibility index (Phi) is 3.27. The standard InChI is InChI=1S/C15H20BrN/c16-14-6-4-13(5-7-14)10-17-11-15(12-17)8-2-1-3-9-15/h4-7H,1-3,8-12H2. The molecule has 1 nitrogen and oxygen atoms in total. The molecule has 1 spiro atoms. The average molecular weight is 294 g/mol. The molecule has 2 aliphatic rings. The van der Waals surface area contributed by atoms with Gasteiger partial charge in [0.2, 0.25) is 0 Å². The molecule has 0 N–H and O–H groups in total. The molecule has 1 aliphatic heterocycles. The highest BCUT2D eigenvalue weighted by atomic mass is 79.9. The van der Waals surface area contributed by atoms with E-state index >= 15 is 0 Å². The van der Waals surface area contributed by atoms with E-state index in [2.05, 4.69) is 45.1 Å². The Morgan fingerprint density at radius 1 is 1.00 bits per heavy atom. The van der Waals surface area contributed by atoms with Gasteiger partial charge in [0.05, 0.1) is 0 Å². The lowest BCUT2D eigenvalue weighted by molar-refractivity contribution is -0.0332. The number of likely N-dealkylation sites (tertiary alicyclic amines) is 1. The lowest BCUT2D eigenvalue weighted by Gasteiger charge is -2.52. The Morgan fingerprint density at radius 2 is 1.65 bits per heavy atom. The van der Waals surface area contributed by atoms with Gasteiger partial charge in [-0.05, 0) is 36.0 Å². The quantitative estimate of drug-likeness (QED) is 0.789. The first-order valence-electron chi connectivity index (χ1n) is 6.73. The summed E-state index contributed by atoms with van der Waals surface area (Å²) >= 11 is 3.49. The van der Waals surface area contributed by atoms with Crippen LogP contribution in [0, 0.1) is 5.41 Å². The molecule has 0 amide bonds. The second kappa shape index (κ2) is 4.74. The van der Waals surface area contributed by atoms with Gasteiger partial charge in [0.1, 0.15) is 0 Å². The van der Waals surface area contributed by atoms with Gasteiger partial charge >= 0.3 is 0 Å². The summed E-state index contributed by atoms with van der Waals surface area (Å²) in [5.41, 5.74) is 2.16. The van der Waals surface area contributed by atoms with Gasteiger partial charge in [-0.15, -0.1) is 0 Å². The largest absolute Gasteiger partial charge is 0.298 e. The molecular weight excluding hydrogens is 274 g/mol. The smallest absolute Gasteiger partial charge is 0.0234 e. The third-order valence-corrected chi connectivity index (χ3v) is 4.88. The molecule has 0 unspecified atom stereocenters. The summed E-state index contributed by atoms with van der Waals surface area (Å²) in [7, 11) is 0. The molecule has 1 aromatic carbocycles. The van der Waals surface area contributed by atoms with Crippen molar-refractivity contribution in [3.05, 3.63) is 34.3 Å². The minimum atomic E-state index is 0.716. The Labute approximate surface area is 112 Å². The van der Waals surface area contributed by atoms with Crippen LogP contribution in [0.25, 0.3) is 0 Å². The number of nitrogens with zero attached hydrogens (tertiary/aromatic N) is 1. The fourth-order valence-corrected chi connectivity index (χ4v) is 3.74. The van der Waals surface area contributed by atoms with Gasteiger partial charge in [0, 0.05) is 24.1 Å². The minimum absolute atomic E-state index is 0.716. The molecule has 2 heteroatoms. The van der Waals surface area contributed by atoms with Crippen LogP contribution in [0.4, 0.5) is 0 Å². The Bertz CT molecular complexity index is 370. The Hall–Kier alpha value is -0.340. The maximum Gasteiger partial charge on any atom is 0.0234 e. The Morgan fingerprint density at radius 3 is 2.29 bits per heavy atom. The summed E-state index contributed by atoms with van der Waals surface area (Å²) in [5.74, 6) is 0. The molecule has 2 fully saturated rings. The van der Waals surface area contributed by atoms with Crippen molar-refractivity contribution in [3.8, 4) is 0 Å². The van der Waals surface area contributed by atoms with Gasteiger partial charge in [0.15, 0.2) is 0 Å². The maximum absolute atomic E-state index is 3.49. The van der Waals surface area contributed by atoms with Crippen LogP contribution in [-0.4, -0.2) is 18.0 Å². The molecule has 0 radical (unpaired) electrons. The predicted molar refractivity (Wildman–Crippen MR) is 74.9 cm³/mol. The van der Waals surface area contributed by atoms with E-state index in [0.717, 1.165) is 6.54 Å². The Balaban J connectivity index is 1.54. The summed E-state index contributed by atoms with van der Waals surface area (Å²) in [6.07, 6.45) is 7.35. The van der Waals surface area contributed by atoms with Gasteiger partial charge in [-0.3, -0.25) is 4.90 Å². The number of rotatable bonds is 2. The molecular formula is C15H20BrN. The van der Waals surface area contributed by atoms with Gasteiger partial charge < -0.3 is 0 Å². The zero-order valence-electron chi connectivity index (χ0n) is 10.3. The van der Waals surface area contributed by atoms with Gasteiger partial charge in [-0.2, -0.15) is 0 Å². The second-order valence-electron chi connectivity index (χ2n) is 5.83. The average Bonchev–Trinajstić information content (AvgIpc) is 2.31. The third-order valence-electron chi connectivity index (χ3n) is 4.35. The number of hydrogen-bond acceptors (Lipinski definition) is 1. The zero-order chi connectivity index (χ0) is 11.7. The molecule has 1 aromatic rings. The summed E-state index contributed by atoms with van der Waals surface area (Å²) in [5, 5.41) is 0. The van der Waals surface area contributed by atoms with E-state index in [1.807, 2.05) is 0 Å². The van der Waals surface area contributed by atoms with Crippen LogP contribution < -0.4 is 0 Å². The molecule has 92 valence electrons. The van der Waals surface area contributed by atoms with Crippen molar-refractivity contribution >= 4 is 15.9 Å². The SMILES string of the molecule is Brc1ccc(CN2CC3(CCCCC3)C2)cc1. The van der Waals surface area contributed by atoms with Crippen LogP contribution in [0.5, 0.6) is 0 Å². The zero-order valence-corrected chi connectivity index (χ0v) is 11.9. The topological polar surface area (TPSA) is 3.24 Å². The van der Waals surface area contributed by atoms with E-state index < -0.39 is 0 Å². The maximum atomic E-state index is 3.49. The van der Waals surface area contributed by atoms with Crippen molar-refractivity contribution < 1.29 is 0 Å². The van der Waals surface area contributed by atoms with Crippen molar-refractivity contribution in [1.29, 1.82) is 0 Å².